The Bertz CT molecular complexity index is 519. The smallest absolute Gasteiger partial charge is 0.0996 e. The lowest BCUT2D eigenvalue weighted by molar-refractivity contribution is 0.167. The van der Waals surface area contributed by atoms with Crippen molar-refractivity contribution in [3.63, 3.8) is 0 Å². The highest BCUT2D eigenvalue weighted by molar-refractivity contribution is 14.1. The molecule has 18 heavy (non-hydrogen) atoms. The van der Waals surface area contributed by atoms with Gasteiger partial charge >= 0.3 is 0 Å². The predicted molar refractivity (Wildman–Crippen MR) is 80.5 cm³/mol. The van der Waals surface area contributed by atoms with Crippen LogP contribution in [0.25, 0.3) is 0 Å². The molecule has 1 N–H and O–H groups in total. The number of halogens is 1. The molecule has 3 nitrogen and oxygen atoms in total. The second-order valence-electron chi connectivity index (χ2n) is 4.37. The Morgan fingerprint density at radius 1 is 1.33 bits per heavy atom. The summed E-state index contributed by atoms with van der Waals surface area (Å²) in [6.45, 7) is 4.77. The van der Waals surface area contributed by atoms with E-state index in [9.17, 15) is 5.11 Å². The van der Waals surface area contributed by atoms with Crippen LogP contribution in [-0.2, 0) is 13.0 Å². The van der Waals surface area contributed by atoms with Gasteiger partial charge in [-0.1, -0.05) is 12.1 Å². The average Bonchev–Trinajstić information content (AvgIpc) is 2.73. The first-order chi connectivity index (χ1) is 8.60. The summed E-state index contributed by atoms with van der Waals surface area (Å²) in [6, 6.07) is 10.2. The Hall–Kier alpha value is -0.880. The molecule has 0 fully saturated rings. The van der Waals surface area contributed by atoms with E-state index < -0.39 is 6.10 Å². The van der Waals surface area contributed by atoms with Crippen LogP contribution in [0.5, 0.6) is 0 Å². The summed E-state index contributed by atoms with van der Waals surface area (Å²) in [5.74, 6) is 0. The SMILES string of the molecule is CCn1nc(C)cc1C(O)Cc1ccc(I)cc1. The lowest BCUT2D eigenvalue weighted by atomic mass is 10.1. The van der Waals surface area contributed by atoms with E-state index in [1.54, 1.807) is 0 Å². The highest BCUT2D eigenvalue weighted by Gasteiger charge is 2.14. The van der Waals surface area contributed by atoms with Gasteiger partial charge in [-0.05, 0) is 60.2 Å². The molecule has 2 rings (SSSR count). The Morgan fingerprint density at radius 3 is 2.61 bits per heavy atom. The van der Waals surface area contributed by atoms with E-state index in [1.807, 2.05) is 24.6 Å². The Labute approximate surface area is 121 Å². The van der Waals surface area contributed by atoms with Gasteiger partial charge in [0.15, 0.2) is 0 Å². The predicted octanol–water partition coefficient (Wildman–Crippen LogP) is 3.09. The summed E-state index contributed by atoms with van der Waals surface area (Å²) >= 11 is 2.28. The fourth-order valence-electron chi connectivity index (χ4n) is 2.04. The molecule has 0 saturated heterocycles. The van der Waals surface area contributed by atoms with Crippen molar-refractivity contribution in [3.8, 4) is 0 Å². The van der Waals surface area contributed by atoms with E-state index in [-0.39, 0.29) is 0 Å². The largest absolute Gasteiger partial charge is 0.386 e. The fraction of sp³-hybridized carbons (Fsp3) is 0.357. The van der Waals surface area contributed by atoms with Crippen molar-refractivity contribution in [3.05, 3.63) is 50.9 Å². The van der Waals surface area contributed by atoms with Gasteiger partial charge in [0.25, 0.3) is 0 Å². The summed E-state index contributed by atoms with van der Waals surface area (Å²) in [7, 11) is 0. The number of hydrogen-bond donors (Lipinski definition) is 1. The number of aromatic nitrogens is 2. The first-order valence-corrected chi connectivity index (χ1v) is 7.15. The third-order valence-corrected chi connectivity index (χ3v) is 3.64. The molecule has 0 radical (unpaired) electrons. The van der Waals surface area contributed by atoms with E-state index in [2.05, 4.69) is 52.0 Å². The van der Waals surface area contributed by atoms with E-state index in [0.29, 0.717) is 6.42 Å². The van der Waals surface area contributed by atoms with Gasteiger partial charge in [0, 0.05) is 16.5 Å². The molecule has 0 spiro atoms. The van der Waals surface area contributed by atoms with E-state index >= 15 is 0 Å². The third-order valence-electron chi connectivity index (χ3n) is 2.92. The van der Waals surface area contributed by atoms with E-state index in [0.717, 1.165) is 23.5 Å². The summed E-state index contributed by atoms with van der Waals surface area (Å²) in [6.07, 6.45) is 0.133. The fourth-order valence-corrected chi connectivity index (χ4v) is 2.39. The Balaban J connectivity index is 2.16. The molecule has 1 heterocycles. The zero-order chi connectivity index (χ0) is 13.1. The van der Waals surface area contributed by atoms with Gasteiger partial charge in [-0.2, -0.15) is 5.10 Å². The molecule has 1 atom stereocenters. The number of nitrogens with zero attached hydrogens (tertiary/aromatic N) is 2. The maximum Gasteiger partial charge on any atom is 0.0996 e. The molecule has 1 unspecified atom stereocenters. The summed E-state index contributed by atoms with van der Waals surface area (Å²) in [5, 5.41) is 14.7. The van der Waals surface area contributed by atoms with Crippen LogP contribution < -0.4 is 0 Å². The molecule has 0 aliphatic rings. The second-order valence-corrected chi connectivity index (χ2v) is 5.62. The van der Waals surface area contributed by atoms with Gasteiger partial charge in [-0.3, -0.25) is 4.68 Å². The highest BCUT2D eigenvalue weighted by atomic mass is 127. The topological polar surface area (TPSA) is 38.0 Å². The van der Waals surface area contributed by atoms with Crippen LogP contribution in [0.15, 0.2) is 30.3 Å². The number of rotatable bonds is 4. The lowest BCUT2D eigenvalue weighted by Crippen LogP contribution is -2.10. The van der Waals surface area contributed by atoms with Crippen LogP contribution >= 0.6 is 22.6 Å². The zero-order valence-corrected chi connectivity index (χ0v) is 12.8. The molecular weight excluding hydrogens is 339 g/mol. The quantitative estimate of drug-likeness (QED) is 0.855. The van der Waals surface area contributed by atoms with Gasteiger partial charge in [-0.25, -0.2) is 0 Å². The maximum absolute atomic E-state index is 10.3. The van der Waals surface area contributed by atoms with Gasteiger partial charge in [-0.15, -0.1) is 0 Å². The highest BCUT2D eigenvalue weighted by Crippen LogP contribution is 2.20. The molecule has 4 heteroatoms. The third kappa shape index (κ3) is 3.11. The molecule has 0 aliphatic carbocycles. The normalized spacial score (nSPS) is 12.7. The van der Waals surface area contributed by atoms with Crippen molar-refractivity contribution in [1.29, 1.82) is 0 Å². The van der Waals surface area contributed by atoms with Gasteiger partial charge in [0.05, 0.1) is 17.5 Å². The maximum atomic E-state index is 10.3. The molecule has 0 saturated carbocycles. The second kappa shape index (κ2) is 5.84. The van der Waals surface area contributed by atoms with Crippen molar-refractivity contribution in [2.75, 3.05) is 0 Å². The standard InChI is InChI=1S/C14H17IN2O/c1-3-17-13(8-10(2)16-17)14(18)9-11-4-6-12(15)7-5-11/h4-8,14,18H,3,9H2,1-2H3. The number of aliphatic hydroxyl groups excluding tert-OH is 1. The van der Waals surface area contributed by atoms with Crippen LogP contribution in [-0.4, -0.2) is 14.9 Å². The molecule has 0 aliphatic heterocycles. The zero-order valence-electron chi connectivity index (χ0n) is 10.6. The number of benzene rings is 1. The van der Waals surface area contributed by atoms with Crippen LogP contribution in [0.4, 0.5) is 0 Å². The summed E-state index contributed by atoms with van der Waals surface area (Å²) in [4.78, 5) is 0. The number of aryl methyl sites for hydroxylation is 2. The van der Waals surface area contributed by atoms with Crippen LogP contribution in [0.2, 0.25) is 0 Å². The molecule has 1 aromatic carbocycles. The Kier molecular flexibility index (Phi) is 4.40. The van der Waals surface area contributed by atoms with Crippen molar-refractivity contribution in [1.82, 2.24) is 9.78 Å². The molecule has 0 bridgehead atoms. The summed E-state index contributed by atoms with van der Waals surface area (Å²) < 4.78 is 3.08. The molecule has 96 valence electrons. The van der Waals surface area contributed by atoms with Crippen molar-refractivity contribution >= 4 is 22.6 Å². The minimum Gasteiger partial charge on any atom is -0.386 e. The van der Waals surface area contributed by atoms with E-state index in [1.165, 1.54) is 3.57 Å². The first-order valence-electron chi connectivity index (χ1n) is 6.07. The van der Waals surface area contributed by atoms with Gasteiger partial charge in [0.1, 0.15) is 0 Å². The van der Waals surface area contributed by atoms with Crippen molar-refractivity contribution < 1.29 is 5.11 Å². The lowest BCUT2D eigenvalue weighted by Gasteiger charge is -2.12. The Morgan fingerprint density at radius 2 is 2.00 bits per heavy atom. The van der Waals surface area contributed by atoms with Crippen molar-refractivity contribution in [2.24, 2.45) is 0 Å². The number of aliphatic hydroxyl groups is 1. The average molecular weight is 356 g/mol. The van der Waals surface area contributed by atoms with Crippen LogP contribution in [0, 0.1) is 10.5 Å². The summed E-state index contributed by atoms with van der Waals surface area (Å²) in [5.41, 5.74) is 2.99. The van der Waals surface area contributed by atoms with Gasteiger partial charge < -0.3 is 5.11 Å². The first kappa shape index (κ1) is 13.5. The number of hydrogen-bond acceptors (Lipinski definition) is 2. The van der Waals surface area contributed by atoms with Gasteiger partial charge in [0.2, 0.25) is 0 Å². The molecular formula is C14H17IN2O. The van der Waals surface area contributed by atoms with E-state index in [4.69, 9.17) is 0 Å². The molecule has 2 aromatic rings. The van der Waals surface area contributed by atoms with Crippen LogP contribution in [0.1, 0.15) is 30.0 Å². The minimum atomic E-state index is -0.494. The molecule has 0 amide bonds. The van der Waals surface area contributed by atoms with Crippen LogP contribution in [0.3, 0.4) is 0 Å². The monoisotopic (exact) mass is 356 g/mol. The molecule has 1 aromatic heterocycles. The minimum absolute atomic E-state index is 0.494. The van der Waals surface area contributed by atoms with Crippen molar-refractivity contribution in [2.45, 2.75) is 32.9 Å².